The second-order valence-electron chi connectivity index (χ2n) is 3.64. The third kappa shape index (κ3) is 2.42. The molecule has 0 fully saturated rings. The maximum atomic E-state index is 5.76. The first-order chi connectivity index (χ1) is 7.83. The van der Waals surface area contributed by atoms with E-state index in [9.17, 15) is 0 Å². The highest BCUT2D eigenvalue weighted by Gasteiger charge is 2.03. The van der Waals surface area contributed by atoms with E-state index in [-0.39, 0.29) is 0 Å². The highest BCUT2D eigenvalue weighted by Crippen LogP contribution is 2.08. The molecular weight excluding hydrogens is 222 g/mol. The standard InChI is InChI=1S/C12H14ClN3/c1-2-10-3-5-11(6-4-10)8-16-12(7-13)14-9-15-16/h3-6,9H,2,7-8H2,1H3. The summed E-state index contributed by atoms with van der Waals surface area (Å²) in [5, 5.41) is 4.15. The van der Waals surface area contributed by atoms with Crippen molar-refractivity contribution >= 4 is 11.6 Å². The first-order valence-electron chi connectivity index (χ1n) is 5.34. The van der Waals surface area contributed by atoms with Crippen molar-refractivity contribution in [3.8, 4) is 0 Å². The lowest BCUT2D eigenvalue weighted by molar-refractivity contribution is 0.656. The van der Waals surface area contributed by atoms with Crippen LogP contribution in [0.3, 0.4) is 0 Å². The van der Waals surface area contributed by atoms with Crippen LogP contribution < -0.4 is 0 Å². The normalized spacial score (nSPS) is 10.6. The fraction of sp³-hybridized carbons (Fsp3) is 0.333. The average Bonchev–Trinajstić information content (AvgIpc) is 2.77. The van der Waals surface area contributed by atoms with Gasteiger partial charge in [-0.15, -0.1) is 11.6 Å². The first kappa shape index (κ1) is 11.1. The summed E-state index contributed by atoms with van der Waals surface area (Å²) < 4.78 is 1.83. The number of hydrogen-bond donors (Lipinski definition) is 0. The van der Waals surface area contributed by atoms with Gasteiger partial charge in [0.2, 0.25) is 0 Å². The molecule has 0 aliphatic rings. The van der Waals surface area contributed by atoms with Crippen LogP contribution in [-0.4, -0.2) is 14.8 Å². The van der Waals surface area contributed by atoms with Crippen LogP contribution in [0, 0.1) is 0 Å². The number of aryl methyl sites for hydroxylation is 1. The van der Waals surface area contributed by atoms with Crippen LogP contribution in [0.1, 0.15) is 23.9 Å². The Morgan fingerprint density at radius 2 is 1.88 bits per heavy atom. The van der Waals surface area contributed by atoms with Gasteiger partial charge in [0.15, 0.2) is 0 Å². The van der Waals surface area contributed by atoms with Gasteiger partial charge in [0.1, 0.15) is 12.2 Å². The predicted octanol–water partition coefficient (Wildman–Crippen LogP) is 2.63. The van der Waals surface area contributed by atoms with Crippen LogP contribution in [-0.2, 0) is 18.8 Å². The van der Waals surface area contributed by atoms with Crippen molar-refractivity contribution in [2.75, 3.05) is 0 Å². The van der Waals surface area contributed by atoms with Crippen molar-refractivity contribution in [2.45, 2.75) is 25.8 Å². The molecule has 0 spiro atoms. The topological polar surface area (TPSA) is 30.7 Å². The average molecular weight is 236 g/mol. The van der Waals surface area contributed by atoms with Gasteiger partial charge in [-0.3, -0.25) is 0 Å². The third-order valence-electron chi connectivity index (χ3n) is 2.58. The van der Waals surface area contributed by atoms with Gasteiger partial charge in [0.05, 0.1) is 12.4 Å². The number of halogens is 1. The van der Waals surface area contributed by atoms with E-state index in [0.717, 1.165) is 18.8 Å². The minimum Gasteiger partial charge on any atom is -0.244 e. The van der Waals surface area contributed by atoms with E-state index in [4.69, 9.17) is 11.6 Å². The smallest absolute Gasteiger partial charge is 0.142 e. The Morgan fingerprint density at radius 1 is 1.19 bits per heavy atom. The zero-order valence-electron chi connectivity index (χ0n) is 9.23. The molecule has 0 bridgehead atoms. The summed E-state index contributed by atoms with van der Waals surface area (Å²) in [7, 11) is 0. The van der Waals surface area contributed by atoms with Gasteiger partial charge in [0, 0.05) is 0 Å². The fourth-order valence-electron chi connectivity index (χ4n) is 1.58. The monoisotopic (exact) mass is 235 g/mol. The van der Waals surface area contributed by atoms with Crippen LogP contribution in [0.15, 0.2) is 30.6 Å². The van der Waals surface area contributed by atoms with Crippen LogP contribution in [0.25, 0.3) is 0 Å². The molecule has 1 aromatic carbocycles. The lowest BCUT2D eigenvalue weighted by Crippen LogP contribution is -2.05. The Kier molecular flexibility index (Phi) is 3.57. The maximum absolute atomic E-state index is 5.76. The first-order valence-corrected chi connectivity index (χ1v) is 5.87. The number of alkyl halides is 1. The van der Waals surface area contributed by atoms with Crippen molar-refractivity contribution in [2.24, 2.45) is 0 Å². The minimum atomic E-state index is 0.396. The molecule has 0 aliphatic heterocycles. The second-order valence-corrected chi connectivity index (χ2v) is 3.90. The molecule has 84 valence electrons. The van der Waals surface area contributed by atoms with Crippen molar-refractivity contribution < 1.29 is 0 Å². The van der Waals surface area contributed by atoms with Crippen LogP contribution in [0.5, 0.6) is 0 Å². The van der Waals surface area contributed by atoms with Crippen molar-refractivity contribution in [1.29, 1.82) is 0 Å². The third-order valence-corrected chi connectivity index (χ3v) is 2.82. The van der Waals surface area contributed by atoms with Crippen molar-refractivity contribution in [3.05, 3.63) is 47.5 Å². The Balaban J connectivity index is 2.14. The zero-order valence-corrected chi connectivity index (χ0v) is 9.98. The molecule has 0 aliphatic carbocycles. The number of nitrogens with zero attached hydrogens (tertiary/aromatic N) is 3. The molecule has 16 heavy (non-hydrogen) atoms. The molecule has 0 radical (unpaired) electrons. The van der Waals surface area contributed by atoms with Crippen LogP contribution in [0.2, 0.25) is 0 Å². The van der Waals surface area contributed by atoms with Crippen molar-refractivity contribution in [1.82, 2.24) is 14.8 Å². The lowest BCUT2D eigenvalue weighted by Gasteiger charge is -2.05. The summed E-state index contributed by atoms with van der Waals surface area (Å²) >= 11 is 5.76. The maximum Gasteiger partial charge on any atom is 0.142 e. The molecule has 0 amide bonds. The van der Waals surface area contributed by atoms with Crippen LogP contribution in [0.4, 0.5) is 0 Å². The Labute approximate surface area is 100 Å². The van der Waals surface area contributed by atoms with Gasteiger partial charge in [-0.05, 0) is 17.5 Å². The molecule has 1 heterocycles. The zero-order chi connectivity index (χ0) is 11.4. The molecule has 0 unspecified atom stereocenters. The molecule has 3 nitrogen and oxygen atoms in total. The van der Waals surface area contributed by atoms with Gasteiger partial charge in [-0.2, -0.15) is 5.10 Å². The van der Waals surface area contributed by atoms with Gasteiger partial charge >= 0.3 is 0 Å². The molecule has 0 saturated carbocycles. The van der Waals surface area contributed by atoms with Gasteiger partial charge in [-0.1, -0.05) is 31.2 Å². The van der Waals surface area contributed by atoms with Gasteiger partial charge in [-0.25, -0.2) is 9.67 Å². The van der Waals surface area contributed by atoms with E-state index in [1.165, 1.54) is 17.5 Å². The van der Waals surface area contributed by atoms with Gasteiger partial charge < -0.3 is 0 Å². The molecule has 1 aromatic heterocycles. The summed E-state index contributed by atoms with van der Waals surface area (Å²) in [6.07, 6.45) is 2.61. The van der Waals surface area contributed by atoms with Crippen molar-refractivity contribution in [3.63, 3.8) is 0 Å². The van der Waals surface area contributed by atoms with Crippen LogP contribution >= 0.6 is 11.6 Å². The Morgan fingerprint density at radius 3 is 2.50 bits per heavy atom. The quantitative estimate of drug-likeness (QED) is 0.763. The van der Waals surface area contributed by atoms with E-state index >= 15 is 0 Å². The summed E-state index contributed by atoms with van der Waals surface area (Å²) in [5.74, 6) is 1.20. The minimum absolute atomic E-state index is 0.396. The number of benzene rings is 1. The summed E-state index contributed by atoms with van der Waals surface area (Å²) in [6.45, 7) is 2.88. The molecule has 0 N–H and O–H groups in total. The highest BCUT2D eigenvalue weighted by atomic mass is 35.5. The molecular formula is C12H14ClN3. The van der Waals surface area contributed by atoms with E-state index in [0.29, 0.717) is 5.88 Å². The van der Waals surface area contributed by atoms with E-state index in [2.05, 4.69) is 41.3 Å². The molecule has 2 aromatic rings. The molecule has 4 heteroatoms. The number of hydrogen-bond acceptors (Lipinski definition) is 2. The second kappa shape index (κ2) is 5.12. The largest absolute Gasteiger partial charge is 0.244 e. The Hall–Kier alpha value is -1.35. The highest BCUT2D eigenvalue weighted by molar-refractivity contribution is 6.16. The molecule has 0 atom stereocenters. The van der Waals surface area contributed by atoms with Gasteiger partial charge in [0.25, 0.3) is 0 Å². The Bertz CT molecular complexity index is 448. The lowest BCUT2D eigenvalue weighted by atomic mass is 10.1. The summed E-state index contributed by atoms with van der Waals surface area (Å²) in [6, 6.07) is 8.54. The van der Waals surface area contributed by atoms with E-state index in [1.807, 2.05) is 4.68 Å². The number of aromatic nitrogens is 3. The van der Waals surface area contributed by atoms with E-state index < -0.39 is 0 Å². The molecule has 2 rings (SSSR count). The SMILES string of the molecule is CCc1ccc(Cn2ncnc2CCl)cc1. The predicted molar refractivity (Wildman–Crippen MR) is 64.5 cm³/mol. The number of rotatable bonds is 4. The summed E-state index contributed by atoms with van der Waals surface area (Å²) in [5.41, 5.74) is 2.56. The fourth-order valence-corrected chi connectivity index (χ4v) is 1.78. The van der Waals surface area contributed by atoms with E-state index in [1.54, 1.807) is 0 Å². The summed E-state index contributed by atoms with van der Waals surface area (Å²) in [4.78, 5) is 4.08. The molecule has 0 saturated heterocycles.